The van der Waals surface area contributed by atoms with E-state index in [0.29, 0.717) is 23.0 Å². The van der Waals surface area contributed by atoms with Crippen LogP contribution >= 0.6 is 11.3 Å². The number of nitrogens with zero attached hydrogens (tertiary/aromatic N) is 2. The van der Waals surface area contributed by atoms with E-state index in [0.717, 1.165) is 38.5 Å². The van der Waals surface area contributed by atoms with E-state index in [1.165, 1.54) is 43.2 Å². The van der Waals surface area contributed by atoms with Gasteiger partial charge in [0.15, 0.2) is 12.4 Å². The third-order valence-electron chi connectivity index (χ3n) is 5.35. The zero-order valence-electron chi connectivity index (χ0n) is 19.5. The van der Waals surface area contributed by atoms with E-state index in [-0.39, 0.29) is 12.0 Å². The second kappa shape index (κ2) is 14.3. The zero-order chi connectivity index (χ0) is 22.5. The summed E-state index contributed by atoms with van der Waals surface area (Å²) in [6.07, 6.45) is 8.96. The Morgan fingerprint density at radius 3 is 2.47 bits per heavy atom. The molecule has 0 saturated heterocycles. The molecule has 0 fully saturated rings. The first kappa shape index (κ1) is 26.3. The number of thiazole rings is 1. The molecule has 0 spiro atoms. The highest BCUT2D eigenvalue weighted by atomic mass is 32.1. The van der Waals surface area contributed by atoms with E-state index in [9.17, 15) is 9.59 Å². The van der Waals surface area contributed by atoms with Gasteiger partial charge in [-0.15, -0.1) is 11.3 Å². The molecule has 0 aromatic carbocycles. The molecular formula is C24H40N2O3S. The van der Waals surface area contributed by atoms with E-state index in [2.05, 4.69) is 44.2 Å². The van der Waals surface area contributed by atoms with Gasteiger partial charge in [-0.25, -0.2) is 4.98 Å². The molecule has 2 atom stereocenters. The number of esters is 1. The molecule has 0 N–H and O–H groups in total. The van der Waals surface area contributed by atoms with Crippen molar-refractivity contribution in [2.24, 2.45) is 5.92 Å². The molecule has 5 nitrogen and oxygen atoms in total. The first-order valence-corrected chi connectivity index (χ1v) is 12.2. The molecule has 170 valence electrons. The van der Waals surface area contributed by atoms with Crippen LogP contribution in [0.3, 0.4) is 0 Å². The van der Waals surface area contributed by atoms with Crippen LogP contribution in [-0.2, 0) is 9.53 Å². The second-order valence-electron chi connectivity index (χ2n) is 8.30. The van der Waals surface area contributed by atoms with Crippen molar-refractivity contribution in [2.75, 3.05) is 6.54 Å². The molecule has 6 heteroatoms. The molecule has 30 heavy (non-hydrogen) atoms. The molecular weight excluding hydrogens is 396 g/mol. The molecule has 0 aliphatic carbocycles. The predicted molar refractivity (Wildman–Crippen MR) is 125 cm³/mol. The lowest BCUT2D eigenvalue weighted by atomic mass is 9.94. The molecule has 0 saturated carbocycles. The van der Waals surface area contributed by atoms with E-state index in [1.807, 2.05) is 0 Å². The number of aldehydes is 1. The first-order chi connectivity index (χ1) is 14.3. The van der Waals surface area contributed by atoms with Crippen molar-refractivity contribution < 1.29 is 14.3 Å². The summed E-state index contributed by atoms with van der Waals surface area (Å²) in [5.41, 5.74) is 1.55. The van der Waals surface area contributed by atoms with Gasteiger partial charge in [-0.05, 0) is 25.2 Å². The van der Waals surface area contributed by atoms with Crippen LogP contribution in [0, 0.1) is 5.92 Å². The fourth-order valence-electron chi connectivity index (χ4n) is 3.67. The van der Waals surface area contributed by atoms with Crippen molar-refractivity contribution in [3.63, 3.8) is 0 Å². The lowest BCUT2D eigenvalue weighted by Crippen LogP contribution is -2.40. The van der Waals surface area contributed by atoms with E-state index >= 15 is 0 Å². The fraction of sp³-hybridized carbons (Fsp3) is 0.708. The summed E-state index contributed by atoms with van der Waals surface area (Å²) in [6, 6.07) is 0.184. The highest BCUT2D eigenvalue weighted by Crippen LogP contribution is 2.32. The number of unbranched alkanes of at least 4 members (excludes halogenated alkanes) is 4. The van der Waals surface area contributed by atoms with Crippen LogP contribution in [0.1, 0.15) is 108 Å². The largest absolute Gasteiger partial charge is 0.455 e. The van der Waals surface area contributed by atoms with Crippen molar-refractivity contribution in [3.05, 3.63) is 28.4 Å². The fourth-order valence-corrected chi connectivity index (χ4v) is 4.48. The SMILES string of the molecule is C=C(CCCC)N(CCCCCC)C(C[C@@H](OC(C)=O)c1nc(C=O)cs1)C(C)C. The highest BCUT2D eigenvalue weighted by Gasteiger charge is 2.30. The van der Waals surface area contributed by atoms with Crippen LogP contribution in [0.25, 0.3) is 0 Å². The number of hydrogen-bond acceptors (Lipinski definition) is 6. The van der Waals surface area contributed by atoms with Gasteiger partial charge in [0.2, 0.25) is 0 Å². The summed E-state index contributed by atoms with van der Waals surface area (Å²) in [5, 5.41) is 2.40. The molecule has 1 rings (SSSR count). The maximum atomic E-state index is 11.8. The third-order valence-corrected chi connectivity index (χ3v) is 6.30. The van der Waals surface area contributed by atoms with Gasteiger partial charge >= 0.3 is 5.97 Å². The van der Waals surface area contributed by atoms with E-state index in [4.69, 9.17) is 4.74 Å². The van der Waals surface area contributed by atoms with Crippen molar-refractivity contribution >= 4 is 23.6 Å². The molecule has 0 amide bonds. The molecule has 0 radical (unpaired) electrons. The topological polar surface area (TPSA) is 59.5 Å². The Balaban J connectivity index is 3.09. The minimum atomic E-state index is -0.453. The molecule has 0 aliphatic heterocycles. The molecule has 1 unspecified atom stereocenters. The van der Waals surface area contributed by atoms with Crippen LogP contribution < -0.4 is 0 Å². The smallest absolute Gasteiger partial charge is 0.303 e. The number of allylic oxidation sites excluding steroid dienone is 1. The standard InChI is InChI=1S/C24H40N2O3S/c1-7-9-11-12-14-26(19(5)13-10-8-2)22(18(3)4)15-23(29-20(6)28)24-25-21(16-27)17-30-24/h16-18,22-23H,5,7-15H2,1-4,6H3/t22?,23-/m1/s1. The lowest BCUT2D eigenvalue weighted by molar-refractivity contribution is -0.148. The Morgan fingerprint density at radius 1 is 1.23 bits per heavy atom. The molecule has 1 heterocycles. The van der Waals surface area contributed by atoms with Gasteiger partial charge < -0.3 is 9.64 Å². The monoisotopic (exact) mass is 436 g/mol. The van der Waals surface area contributed by atoms with Gasteiger partial charge in [-0.3, -0.25) is 9.59 Å². The molecule has 0 aliphatic rings. The second-order valence-corrected chi connectivity index (χ2v) is 9.19. The molecule has 1 aromatic heterocycles. The van der Waals surface area contributed by atoms with E-state index < -0.39 is 6.10 Å². The summed E-state index contributed by atoms with van der Waals surface area (Å²) in [7, 11) is 0. The van der Waals surface area contributed by atoms with Crippen LogP contribution in [0.5, 0.6) is 0 Å². The number of hydrogen-bond donors (Lipinski definition) is 0. The number of carbonyl (C=O) groups is 2. The Hall–Kier alpha value is -1.69. The summed E-state index contributed by atoms with van der Waals surface area (Å²) in [6.45, 7) is 15.6. The van der Waals surface area contributed by atoms with Gasteiger partial charge in [-0.2, -0.15) is 0 Å². The van der Waals surface area contributed by atoms with Gasteiger partial charge in [0, 0.05) is 37.0 Å². The van der Waals surface area contributed by atoms with Crippen molar-refractivity contribution in [1.29, 1.82) is 0 Å². The molecule has 0 bridgehead atoms. The number of aromatic nitrogens is 1. The third kappa shape index (κ3) is 8.99. The minimum Gasteiger partial charge on any atom is -0.455 e. The maximum absolute atomic E-state index is 11.8. The predicted octanol–water partition coefficient (Wildman–Crippen LogP) is 6.56. The van der Waals surface area contributed by atoms with Crippen molar-refractivity contribution in [1.82, 2.24) is 9.88 Å². The quantitative estimate of drug-likeness (QED) is 0.167. The van der Waals surface area contributed by atoms with Gasteiger partial charge in [-0.1, -0.05) is 60.0 Å². The average Bonchev–Trinajstić information content (AvgIpc) is 3.18. The van der Waals surface area contributed by atoms with Gasteiger partial charge in [0.05, 0.1) is 0 Å². The zero-order valence-corrected chi connectivity index (χ0v) is 20.3. The minimum absolute atomic E-state index is 0.184. The summed E-state index contributed by atoms with van der Waals surface area (Å²) in [4.78, 5) is 29.7. The van der Waals surface area contributed by atoms with Crippen LogP contribution in [0.2, 0.25) is 0 Å². The van der Waals surface area contributed by atoms with E-state index in [1.54, 1.807) is 5.38 Å². The highest BCUT2D eigenvalue weighted by molar-refractivity contribution is 7.09. The average molecular weight is 437 g/mol. The molecule has 1 aromatic rings. The lowest BCUT2D eigenvalue weighted by Gasteiger charge is -2.39. The summed E-state index contributed by atoms with van der Waals surface area (Å²) >= 11 is 1.38. The van der Waals surface area contributed by atoms with Crippen molar-refractivity contribution in [3.8, 4) is 0 Å². The Morgan fingerprint density at radius 2 is 1.93 bits per heavy atom. The number of rotatable bonds is 16. The number of carbonyl (C=O) groups excluding carboxylic acids is 2. The Bertz CT molecular complexity index is 657. The maximum Gasteiger partial charge on any atom is 0.303 e. The number of ether oxygens (including phenoxy) is 1. The van der Waals surface area contributed by atoms with Crippen LogP contribution in [0.4, 0.5) is 0 Å². The summed E-state index contributed by atoms with van der Waals surface area (Å²) in [5.74, 6) is 0.0303. The summed E-state index contributed by atoms with van der Waals surface area (Å²) < 4.78 is 5.67. The van der Waals surface area contributed by atoms with Crippen molar-refractivity contribution in [2.45, 2.75) is 98.1 Å². The first-order valence-electron chi connectivity index (χ1n) is 11.4. The Labute approximate surface area is 186 Å². The van der Waals surface area contributed by atoms with Gasteiger partial charge in [0.25, 0.3) is 0 Å². The Kier molecular flexibility index (Phi) is 12.6. The normalized spacial score (nSPS) is 13.1. The van der Waals surface area contributed by atoms with Gasteiger partial charge in [0.1, 0.15) is 10.7 Å². The van der Waals surface area contributed by atoms with Crippen LogP contribution in [0.15, 0.2) is 17.7 Å². The van der Waals surface area contributed by atoms with Crippen LogP contribution in [-0.4, -0.2) is 34.7 Å².